The van der Waals surface area contributed by atoms with Crippen molar-refractivity contribution in [2.75, 3.05) is 34.3 Å². The number of nitrogens with one attached hydrogen (secondary N) is 4. The van der Waals surface area contributed by atoms with Gasteiger partial charge >= 0.3 is 12.2 Å². The summed E-state index contributed by atoms with van der Waals surface area (Å²) in [5.74, 6) is 0.603. The molecule has 4 N–H and O–H groups in total. The zero-order valence-corrected chi connectivity index (χ0v) is 36.3. The molecule has 3 aliphatic heterocycles. The van der Waals surface area contributed by atoms with Crippen molar-refractivity contribution in [3.63, 3.8) is 0 Å². The molecule has 0 radical (unpaired) electrons. The first kappa shape index (κ1) is 36.4. The van der Waals surface area contributed by atoms with Crippen molar-refractivity contribution >= 4 is 45.8 Å². The molecule has 0 spiro atoms. The molecule has 65 heavy (non-hydrogen) atoms. The summed E-state index contributed by atoms with van der Waals surface area (Å²) >= 11 is 0. The van der Waals surface area contributed by atoms with Crippen LogP contribution >= 0.6 is 0 Å². The number of methoxy groups -OCH3 is 3. The highest BCUT2D eigenvalue weighted by molar-refractivity contribution is 6.07. The maximum absolute atomic E-state index is 14.4. The molecule has 4 aromatic carbocycles. The van der Waals surface area contributed by atoms with Crippen molar-refractivity contribution in [3.8, 4) is 28.1 Å². The summed E-state index contributed by atoms with van der Waals surface area (Å²) in [6.07, 6.45) is 1.13. The first-order chi connectivity index (χ1) is 33.7. The van der Waals surface area contributed by atoms with Crippen LogP contribution in [0.2, 0.25) is 0 Å². The molecule has 0 bridgehead atoms. The number of aromatic nitrogens is 4. The highest BCUT2D eigenvalue weighted by Gasteiger charge is 2.43. The molecule has 16 heteroatoms. The molecule has 9 rings (SSSR count). The fraction of sp³-hybridized carbons (Fsp3) is 0.388. The number of rotatable bonds is 11. The summed E-state index contributed by atoms with van der Waals surface area (Å²) in [6, 6.07) is 19.3. The zero-order chi connectivity index (χ0) is 50.5. The number of likely N-dealkylation sites (tertiary alicyclic amines) is 2. The van der Waals surface area contributed by atoms with Crippen LogP contribution in [0, 0.1) is 11.8 Å². The molecular weight excluding hydrogens is 831 g/mol. The number of aromatic amines is 2. The van der Waals surface area contributed by atoms with Crippen LogP contribution in [0.15, 0.2) is 79.0 Å². The second-order valence-corrected chi connectivity index (χ2v) is 17.4. The predicted molar refractivity (Wildman–Crippen MR) is 243 cm³/mol. The van der Waals surface area contributed by atoms with Gasteiger partial charge in [0.25, 0.3) is 5.91 Å². The second-order valence-electron chi connectivity index (χ2n) is 17.4. The van der Waals surface area contributed by atoms with E-state index in [2.05, 4.69) is 36.1 Å². The van der Waals surface area contributed by atoms with Gasteiger partial charge in [0.2, 0.25) is 5.91 Å². The maximum Gasteiger partial charge on any atom is 0.407 e. The van der Waals surface area contributed by atoms with Gasteiger partial charge in [0.1, 0.15) is 36.1 Å². The largest absolute Gasteiger partial charge is 0.488 e. The molecule has 6 atom stereocenters. The van der Waals surface area contributed by atoms with E-state index in [9.17, 15) is 19.2 Å². The van der Waals surface area contributed by atoms with Gasteiger partial charge in [-0.2, -0.15) is 0 Å². The minimum Gasteiger partial charge on any atom is -0.488 e. The standard InChI is InChI=1S/C49H54N8O8/c1-26(2)41(54-48(60)63-5)47(59)57-27(3)12-17-38(57)45-51-36-16-14-30-20-35-33-15-13-31(19-32(33)25-65-40(35)21-34(30)43(36)53-45)37-22-50-44(52-37)39-18-28(24-62-4)23-56(39)46(58)42(55-49(61)64-6)29-10-8-7-9-11-29/h7-11,13-16,19-22,26-28,38-39,41-42H,12,17-18,23-25H2,1-6H3,(H,50,52)(H,51,53)(H,54,60)(H,55,61)/t27-,28-,38-,39-,41-,42+/m0/s1/i5+1D3,6+1D3. The first-order valence-electron chi connectivity index (χ1n) is 24.7. The summed E-state index contributed by atoms with van der Waals surface area (Å²) in [7, 11) is -4.36. The Hall–Kier alpha value is -6.94. The lowest BCUT2D eigenvalue weighted by molar-refractivity contribution is -0.137. The third-order valence-corrected chi connectivity index (χ3v) is 12.9. The van der Waals surface area contributed by atoms with Crippen LogP contribution in [0.1, 0.15) is 89.2 Å². The average Bonchev–Trinajstić information content (AvgIpc) is 4.14. The number of imidazole rings is 2. The van der Waals surface area contributed by atoms with Crippen LogP contribution in [0.3, 0.4) is 0 Å². The van der Waals surface area contributed by atoms with Crippen LogP contribution in [0.25, 0.3) is 44.2 Å². The minimum absolute atomic E-state index is 0.0480. The SMILES string of the molecule is [2H][13C]([2H])([2H])OC(=O)N[C@H](C(=O)N1[C@@H](C)CC[C@H]1c1nc2c(ccc3cc4c(cc32)OCc2cc(-c3cnc([C@@H]5C[C@H](COC)CN5C(=O)[C@H](NC(=O)O[13C]([2H])([2H])[2H])c5ccccc5)[nH]3)ccc2-4)[nH]1)C(C)C. The van der Waals surface area contributed by atoms with E-state index in [0.717, 1.165) is 38.5 Å². The van der Waals surface area contributed by atoms with Crippen molar-refractivity contribution in [2.24, 2.45) is 11.8 Å². The second kappa shape index (κ2) is 17.9. The van der Waals surface area contributed by atoms with Gasteiger partial charge in [-0.25, -0.2) is 19.6 Å². The lowest BCUT2D eigenvalue weighted by Crippen LogP contribution is -2.52. The number of hydrogen-bond donors (Lipinski definition) is 4. The van der Waals surface area contributed by atoms with Crippen LogP contribution in [-0.4, -0.2) is 100 Å². The van der Waals surface area contributed by atoms with Gasteiger partial charge in [-0.15, -0.1) is 0 Å². The fourth-order valence-electron chi connectivity index (χ4n) is 9.77. The van der Waals surface area contributed by atoms with Crippen molar-refractivity contribution in [1.82, 2.24) is 40.4 Å². The molecule has 2 saturated heterocycles. The highest BCUT2D eigenvalue weighted by Crippen LogP contribution is 2.44. The number of carbonyl (C=O) groups is 4. The smallest absolute Gasteiger partial charge is 0.407 e. The maximum atomic E-state index is 14.4. The Balaban J connectivity index is 0.958. The van der Waals surface area contributed by atoms with Crippen molar-refractivity contribution in [3.05, 3.63) is 102 Å². The molecule has 2 aromatic heterocycles. The van der Waals surface area contributed by atoms with E-state index in [1.54, 1.807) is 67.3 Å². The van der Waals surface area contributed by atoms with E-state index in [4.69, 9.17) is 27.7 Å². The molecule has 6 aromatic rings. The molecule has 16 nitrogen and oxygen atoms in total. The lowest BCUT2D eigenvalue weighted by atomic mass is 9.92. The number of H-pyrrole nitrogens is 2. The minimum atomic E-state index is -3.00. The van der Waals surface area contributed by atoms with E-state index in [0.29, 0.717) is 66.6 Å². The Bertz CT molecular complexity index is 3000. The Labute approximate surface area is 384 Å². The summed E-state index contributed by atoms with van der Waals surface area (Å²) < 4.78 is 65.1. The Morgan fingerprint density at radius 3 is 2.48 bits per heavy atom. The van der Waals surface area contributed by atoms with Crippen LogP contribution in [0.4, 0.5) is 9.59 Å². The molecule has 0 saturated carbocycles. The van der Waals surface area contributed by atoms with E-state index < -0.39 is 56.3 Å². The monoisotopic (exact) mass is 890 g/mol. The Morgan fingerprint density at radius 1 is 0.908 bits per heavy atom. The number of alkyl carbamates (subject to hydrolysis) is 2. The van der Waals surface area contributed by atoms with Gasteiger partial charge in [0, 0.05) is 36.6 Å². The molecule has 4 amide bonds. The van der Waals surface area contributed by atoms with Gasteiger partial charge in [-0.3, -0.25) is 9.59 Å². The zero-order valence-electron chi connectivity index (χ0n) is 42.3. The number of fused-ring (bicyclic) bond motifs is 6. The molecule has 0 aliphatic carbocycles. The quantitative estimate of drug-likeness (QED) is 0.0936. The van der Waals surface area contributed by atoms with E-state index in [1.807, 2.05) is 43.3 Å². The van der Waals surface area contributed by atoms with Gasteiger partial charge in [-0.05, 0) is 84.0 Å². The van der Waals surface area contributed by atoms with Crippen molar-refractivity contribution < 1.29 is 46.4 Å². The third kappa shape index (κ3) is 8.22. The Morgan fingerprint density at radius 2 is 1.71 bits per heavy atom. The number of nitrogens with zero attached hydrogens (tertiary/aromatic N) is 4. The Kier molecular flexibility index (Phi) is 10.0. The predicted octanol–water partition coefficient (Wildman–Crippen LogP) is 7.73. The van der Waals surface area contributed by atoms with Crippen LogP contribution in [-0.2, 0) is 30.4 Å². The fourth-order valence-corrected chi connectivity index (χ4v) is 9.77. The molecule has 2 fully saturated rings. The van der Waals surface area contributed by atoms with E-state index >= 15 is 0 Å². The number of carbonyl (C=O) groups excluding carboxylic acids is 4. The van der Waals surface area contributed by atoms with Gasteiger partial charge in [0.05, 0.1) is 63.9 Å². The number of benzene rings is 4. The van der Waals surface area contributed by atoms with E-state index in [-0.39, 0.29) is 30.4 Å². The number of ether oxygens (including phenoxy) is 4. The topological polar surface area (TPSA) is 193 Å². The highest BCUT2D eigenvalue weighted by atomic mass is 16.6. The third-order valence-electron chi connectivity index (χ3n) is 12.9. The molecule has 5 heterocycles. The summed E-state index contributed by atoms with van der Waals surface area (Å²) in [6.45, 7) is 6.46. The number of hydrogen-bond acceptors (Lipinski definition) is 10. The van der Waals surface area contributed by atoms with E-state index in [1.165, 1.54) is 0 Å². The summed E-state index contributed by atoms with van der Waals surface area (Å²) in [5, 5.41) is 6.74. The molecule has 3 aliphatic rings. The summed E-state index contributed by atoms with van der Waals surface area (Å²) in [5.41, 5.74) is 6.37. The van der Waals surface area contributed by atoms with Crippen LogP contribution < -0.4 is 15.4 Å². The molecule has 0 unspecified atom stereocenters. The normalized spacial score (nSPS) is 21.7. The van der Waals surface area contributed by atoms with Crippen LogP contribution in [0.5, 0.6) is 5.75 Å². The lowest BCUT2D eigenvalue weighted by Gasteiger charge is -2.32. The number of amides is 4. The van der Waals surface area contributed by atoms with Crippen molar-refractivity contribution in [2.45, 2.75) is 76.8 Å². The average molecular weight is 891 g/mol. The van der Waals surface area contributed by atoms with Gasteiger partial charge < -0.3 is 49.3 Å². The first-order valence-corrected chi connectivity index (χ1v) is 21.7. The summed E-state index contributed by atoms with van der Waals surface area (Å²) in [4.78, 5) is 73.8. The van der Waals surface area contributed by atoms with Gasteiger partial charge in [-0.1, -0.05) is 62.4 Å². The molecular formula is C49H54N8O8. The van der Waals surface area contributed by atoms with Crippen molar-refractivity contribution in [1.29, 1.82) is 0 Å². The van der Waals surface area contributed by atoms with Gasteiger partial charge in [0.15, 0.2) is 0 Å². The molecule has 338 valence electrons.